The average molecular weight is 411 g/mol. The maximum atomic E-state index is 12.8. The topological polar surface area (TPSA) is 92.8 Å². The standard InChI is InChI=1S/C20H30N2O5S/c1-3-17(4-2)21-19(23)15-27-20(24)16-9-11-18(12-10-16)28(25,26)22-13-7-5-6-8-14-22/h9-12,17H,3-8,13-15H2,1-2H3,(H,21,23). The van der Waals surface area contributed by atoms with Gasteiger partial charge in [-0.2, -0.15) is 4.31 Å². The molecule has 1 fully saturated rings. The van der Waals surface area contributed by atoms with Crippen LogP contribution in [0.4, 0.5) is 0 Å². The number of benzene rings is 1. The average Bonchev–Trinajstić information content (AvgIpc) is 3.00. The number of nitrogens with one attached hydrogen (secondary N) is 1. The zero-order valence-corrected chi connectivity index (χ0v) is 17.5. The third kappa shape index (κ3) is 6.04. The van der Waals surface area contributed by atoms with Gasteiger partial charge in [-0.25, -0.2) is 13.2 Å². The highest BCUT2D eigenvalue weighted by Gasteiger charge is 2.25. The fraction of sp³-hybridized carbons (Fsp3) is 0.600. The van der Waals surface area contributed by atoms with Crippen molar-refractivity contribution in [2.75, 3.05) is 19.7 Å². The molecule has 1 heterocycles. The zero-order chi connectivity index (χ0) is 20.6. The van der Waals surface area contributed by atoms with Crippen molar-refractivity contribution < 1.29 is 22.7 Å². The number of esters is 1. The minimum absolute atomic E-state index is 0.0645. The highest BCUT2D eigenvalue weighted by molar-refractivity contribution is 7.89. The Labute approximate surface area is 167 Å². The molecule has 1 saturated heterocycles. The smallest absolute Gasteiger partial charge is 0.338 e. The molecular weight excluding hydrogens is 380 g/mol. The molecule has 1 amide bonds. The van der Waals surface area contributed by atoms with E-state index >= 15 is 0 Å². The number of amides is 1. The summed E-state index contributed by atoms with van der Waals surface area (Å²) >= 11 is 0. The number of carbonyl (C=O) groups is 2. The Morgan fingerprint density at radius 1 is 1.04 bits per heavy atom. The van der Waals surface area contributed by atoms with Crippen molar-refractivity contribution in [2.45, 2.75) is 63.3 Å². The molecule has 2 rings (SSSR count). The summed E-state index contributed by atoms with van der Waals surface area (Å²) in [6.45, 7) is 4.64. The van der Waals surface area contributed by atoms with Gasteiger partial charge in [0.1, 0.15) is 0 Å². The van der Waals surface area contributed by atoms with Crippen molar-refractivity contribution >= 4 is 21.9 Å². The zero-order valence-electron chi connectivity index (χ0n) is 16.6. The largest absolute Gasteiger partial charge is 0.452 e. The second kappa shape index (κ2) is 10.6. The van der Waals surface area contributed by atoms with Gasteiger partial charge in [-0.3, -0.25) is 4.79 Å². The normalized spacial score (nSPS) is 15.8. The Kier molecular flexibility index (Phi) is 8.44. The van der Waals surface area contributed by atoms with Crippen LogP contribution in [0, 0.1) is 0 Å². The highest BCUT2D eigenvalue weighted by Crippen LogP contribution is 2.20. The lowest BCUT2D eigenvalue weighted by Gasteiger charge is -2.20. The van der Waals surface area contributed by atoms with Gasteiger partial charge in [0.05, 0.1) is 10.5 Å². The van der Waals surface area contributed by atoms with Crippen LogP contribution in [0.2, 0.25) is 0 Å². The third-order valence-electron chi connectivity index (χ3n) is 4.98. The first-order valence-electron chi connectivity index (χ1n) is 9.95. The van der Waals surface area contributed by atoms with Crippen LogP contribution < -0.4 is 5.32 Å². The lowest BCUT2D eigenvalue weighted by atomic mass is 10.2. The maximum Gasteiger partial charge on any atom is 0.338 e. The predicted octanol–water partition coefficient (Wildman–Crippen LogP) is 2.71. The van der Waals surface area contributed by atoms with Gasteiger partial charge in [-0.15, -0.1) is 0 Å². The Morgan fingerprint density at radius 3 is 2.14 bits per heavy atom. The molecule has 0 spiro atoms. The SMILES string of the molecule is CCC(CC)NC(=O)COC(=O)c1ccc(S(=O)(=O)N2CCCCCC2)cc1. The summed E-state index contributed by atoms with van der Waals surface area (Å²) in [6.07, 6.45) is 5.43. The molecule has 1 N–H and O–H groups in total. The molecular formula is C20H30N2O5S. The van der Waals surface area contributed by atoms with Crippen LogP contribution in [0.5, 0.6) is 0 Å². The monoisotopic (exact) mass is 410 g/mol. The van der Waals surface area contributed by atoms with Crippen molar-refractivity contribution in [2.24, 2.45) is 0 Å². The number of rotatable bonds is 8. The summed E-state index contributed by atoms with van der Waals surface area (Å²) in [5.74, 6) is -0.999. The van der Waals surface area contributed by atoms with E-state index in [9.17, 15) is 18.0 Å². The van der Waals surface area contributed by atoms with Gasteiger partial charge in [0.2, 0.25) is 10.0 Å². The van der Waals surface area contributed by atoms with Crippen LogP contribution in [0.15, 0.2) is 29.2 Å². The molecule has 1 aromatic carbocycles. The van der Waals surface area contributed by atoms with Crippen LogP contribution in [-0.4, -0.2) is 50.3 Å². The molecule has 1 aliphatic rings. The van der Waals surface area contributed by atoms with Crippen molar-refractivity contribution in [3.8, 4) is 0 Å². The first-order chi connectivity index (χ1) is 13.4. The van der Waals surface area contributed by atoms with Gasteiger partial charge in [0.15, 0.2) is 6.61 Å². The fourth-order valence-electron chi connectivity index (χ4n) is 3.17. The number of nitrogens with zero attached hydrogens (tertiary/aromatic N) is 1. The summed E-state index contributed by atoms with van der Waals surface area (Å²) in [4.78, 5) is 24.1. The van der Waals surface area contributed by atoms with Crippen LogP contribution >= 0.6 is 0 Å². The summed E-state index contributed by atoms with van der Waals surface area (Å²) in [5, 5.41) is 2.79. The van der Waals surface area contributed by atoms with E-state index in [-0.39, 0.29) is 29.0 Å². The van der Waals surface area contributed by atoms with Crippen LogP contribution in [0.3, 0.4) is 0 Å². The maximum absolute atomic E-state index is 12.8. The van der Waals surface area contributed by atoms with Crippen molar-refractivity contribution in [1.82, 2.24) is 9.62 Å². The van der Waals surface area contributed by atoms with Crippen molar-refractivity contribution in [3.05, 3.63) is 29.8 Å². The second-order valence-corrected chi connectivity index (χ2v) is 8.94. The Bertz CT molecular complexity index is 749. The van der Waals surface area contributed by atoms with Gasteiger partial charge in [0.25, 0.3) is 5.91 Å². The fourth-order valence-corrected chi connectivity index (χ4v) is 4.69. The minimum atomic E-state index is -3.56. The van der Waals surface area contributed by atoms with Crippen molar-refractivity contribution in [3.63, 3.8) is 0 Å². The van der Waals surface area contributed by atoms with Gasteiger partial charge >= 0.3 is 5.97 Å². The van der Waals surface area contributed by atoms with Crippen LogP contribution in [0.1, 0.15) is 62.7 Å². The number of sulfonamides is 1. The summed E-state index contributed by atoms with van der Waals surface area (Å²) in [7, 11) is -3.56. The molecule has 8 heteroatoms. The molecule has 0 saturated carbocycles. The Hall–Kier alpha value is -1.93. The molecule has 0 unspecified atom stereocenters. The van der Waals surface area contributed by atoms with E-state index < -0.39 is 16.0 Å². The van der Waals surface area contributed by atoms with Crippen LogP contribution in [0.25, 0.3) is 0 Å². The summed E-state index contributed by atoms with van der Waals surface area (Å²) < 4.78 is 32.0. The van der Waals surface area contributed by atoms with E-state index in [1.807, 2.05) is 13.8 Å². The molecule has 0 atom stereocenters. The third-order valence-corrected chi connectivity index (χ3v) is 6.89. The molecule has 0 aliphatic carbocycles. The lowest BCUT2D eigenvalue weighted by Crippen LogP contribution is -2.36. The minimum Gasteiger partial charge on any atom is -0.452 e. The number of carbonyl (C=O) groups excluding carboxylic acids is 2. The van der Waals surface area contributed by atoms with E-state index in [0.717, 1.165) is 38.5 Å². The molecule has 1 aromatic rings. The molecule has 0 bridgehead atoms. The summed E-state index contributed by atoms with van der Waals surface area (Å²) in [6, 6.07) is 5.74. The second-order valence-electron chi connectivity index (χ2n) is 7.00. The predicted molar refractivity (Wildman–Crippen MR) is 106 cm³/mol. The molecule has 28 heavy (non-hydrogen) atoms. The van der Waals surface area contributed by atoms with E-state index in [2.05, 4.69) is 5.32 Å². The number of ether oxygens (including phenoxy) is 1. The number of hydrogen-bond acceptors (Lipinski definition) is 5. The van der Waals surface area contributed by atoms with Gasteiger partial charge in [-0.05, 0) is 49.9 Å². The van der Waals surface area contributed by atoms with Crippen molar-refractivity contribution in [1.29, 1.82) is 0 Å². The van der Waals surface area contributed by atoms with E-state index in [1.165, 1.54) is 28.6 Å². The van der Waals surface area contributed by atoms with Gasteiger partial charge in [-0.1, -0.05) is 26.7 Å². The molecule has 0 aromatic heterocycles. The van der Waals surface area contributed by atoms with E-state index in [0.29, 0.717) is 13.1 Å². The Balaban J connectivity index is 1.95. The first kappa shape index (κ1) is 22.4. The van der Waals surface area contributed by atoms with E-state index in [4.69, 9.17) is 4.74 Å². The summed E-state index contributed by atoms with van der Waals surface area (Å²) in [5.41, 5.74) is 0.213. The quantitative estimate of drug-likeness (QED) is 0.665. The van der Waals surface area contributed by atoms with Gasteiger partial charge < -0.3 is 10.1 Å². The van der Waals surface area contributed by atoms with E-state index in [1.54, 1.807) is 0 Å². The molecule has 1 aliphatic heterocycles. The first-order valence-corrected chi connectivity index (χ1v) is 11.4. The highest BCUT2D eigenvalue weighted by atomic mass is 32.2. The Morgan fingerprint density at radius 2 is 1.61 bits per heavy atom. The van der Waals surface area contributed by atoms with Gasteiger partial charge in [0, 0.05) is 19.1 Å². The van der Waals surface area contributed by atoms with Crippen LogP contribution in [-0.2, 0) is 19.6 Å². The lowest BCUT2D eigenvalue weighted by molar-refractivity contribution is -0.125. The molecule has 7 nitrogen and oxygen atoms in total. The molecule has 0 radical (unpaired) electrons. The number of hydrogen-bond donors (Lipinski definition) is 1. The molecule has 156 valence electrons.